The third-order valence-corrected chi connectivity index (χ3v) is 4.86. The number of nitrogens with one attached hydrogen (secondary N) is 1. The number of ether oxygens (including phenoxy) is 1. The summed E-state index contributed by atoms with van der Waals surface area (Å²) in [5, 5.41) is 2.89. The molecule has 136 valence electrons. The number of rotatable bonds is 5. The van der Waals surface area contributed by atoms with Gasteiger partial charge in [-0.25, -0.2) is 4.79 Å². The number of hydrogen-bond acceptors (Lipinski definition) is 3. The van der Waals surface area contributed by atoms with E-state index in [1.54, 1.807) is 6.07 Å². The first kappa shape index (κ1) is 18.2. The second kappa shape index (κ2) is 7.73. The highest BCUT2D eigenvalue weighted by Gasteiger charge is 2.17. The van der Waals surface area contributed by atoms with Gasteiger partial charge in [-0.2, -0.15) is 0 Å². The summed E-state index contributed by atoms with van der Waals surface area (Å²) in [5.74, 6) is -0.487. The number of para-hydroxylation sites is 1. The van der Waals surface area contributed by atoms with Crippen LogP contribution in [0.1, 0.15) is 58.8 Å². The van der Waals surface area contributed by atoms with Crippen LogP contribution >= 0.6 is 0 Å². The highest BCUT2D eigenvalue weighted by Crippen LogP contribution is 2.27. The number of benzene rings is 2. The maximum atomic E-state index is 12.3. The molecule has 0 fully saturated rings. The lowest BCUT2D eigenvalue weighted by molar-refractivity contribution is -0.119. The third-order valence-electron chi connectivity index (χ3n) is 4.86. The number of hydrogen-bond donors (Lipinski definition) is 1. The smallest absolute Gasteiger partial charge is 0.338 e. The molecule has 0 saturated heterocycles. The fraction of sp³-hybridized carbons (Fsp3) is 0.364. The molecular weight excluding hydrogens is 326 g/mol. The molecule has 0 aliphatic heterocycles. The van der Waals surface area contributed by atoms with Gasteiger partial charge in [0.1, 0.15) is 0 Å². The summed E-state index contributed by atoms with van der Waals surface area (Å²) in [7, 11) is 0. The molecule has 1 aliphatic rings. The summed E-state index contributed by atoms with van der Waals surface area (Å²) in [6.07, 6.45) is 3.20. The van der Waals surface area contributed by atoms with Gasteiger partial charge in [-0.15, -0.1) is 0 Å². The molecule has 2 aromatic rings. The average molecular weight is 351 g/mol. The van der Waals surface area contributed by atoms with Crippen molar-refractivity contribution in [3.8, 4) is 0 Å². The van der Waals surface area contributed by atoms with Crippen LogP contribution in [-0.2, 0) is 22.4 Å². The number of carbonyl (C=O) groups is 2. The summed E-state index contributed by atoms with van der Waals surface area (Å²) in [6, 6.07) is 11.6. The molecule has 1 N–H and O–H groups in total. The van der Waals surface area contributed by atoms with Crippen LogP contribution < -0.4 is 5.32 Å². The SMILES string of the molecule is Cc1cccc(C(C)C)c1NC(=O)COC(=O)c1ccc2c(c1)CCC2. The van der Waals surface area contributed by atoms with E-state index in [0.717, 1.165) is 36.1 Å². The molecule has 4 nitrogen and oxygen atoms in total. The van der Waals surface area contributed by atoms with Crippen LogP contribution in [0.4, 0.5) is 5.69 Å². The number of amides is 1. The predicted octanol–water partition coefficient (Wildman–Crippen LogP) is 4.40. The summed E-state index contributed by atoms with van der Waals surface area (Å²) in [6.45, 7) is 5.83. The molecule has 26 heavy (non-hydrogen) atoms. The zero-order chi connectivity index (χ0) is 18.7. The van der Waals surface area contributed by atoms with Crippen molar-refractivity contribution in [2.24, 2.45) is 0 Å². The highest BCUT2D eigenvalue weighted by molar-refractivity contribution is 5.96. The molecule has 0 aromatic heterocycles. The van der Waals surface area contributed by atoms with Crippen molar-refractivity contribution in [2.45, 2.75) is 46.0 Å². The lowest BCUT2D eigenvalue weighted by Crippen LogP contribution is -2.22. The minimum absolute atomic E-state index is 0.290. The molecule has 3 rings (SSSR count). The topological polar surface area (TPSA) is 55.4 Å². The van der Waals surface area contributed by atoms with Crippen LogP contribution in [0.2, 0.25) is 0 Å². The Labute approximate surface area is 154 Å². The largest absolute Gasteiger partial charge is 0.452 e. The number of esters is 1. The Bertz CT molecular complexity index is 839. The van der Waals surface area contributed by atoms with Crippen LogP contribution in [0.3, 0.4) is 0 Å². The normalized spacial score (nSPS) is 12.8. The number of fused-ring (bicyclic) bond motifs is 1. The molecule has 0 unspecified atom stereocenters. The Morgan fingerprint density at radius 2 is 1.88 bits per heavy atom. The summed E-state index contributed by atoms with van der Waals surface area (Å²) in [5.41, 5.74) is 5.90. The Balaban J connectivity index is 1.62. The van der Waals surface area contributed by atoms with E-state index in [1.165, 1.54) is 11.1 Å². The minimum atomic E-state index is -0.455. The van der Waals surface area contributed by atoms with Gasteiger partial charge in [0.15, 0.2) is 6.61 Å². The van der Waals surface area contributed by atoms with E-state index >= 15 is 0 Å². The molecule has 4 heteroatoms. The summed E-state index contributed by atoms with van der Waals surface area (Å²) < 4.78 is 5.21. The lowest BCUT2D eigenvalue weighted by atomic mass is 9.98. The minimum Gasteiger partial charge on any atom is -0.452 e. The molecular formula is C22H25NO3. The number of anilines is 1. The van der Waals surface area contributed by atoms with Gasteiger partial charge in [0.25, 0.3) is 5.91 Å². The zero-order valence-corrected chi connectivity index (χ0v) is 15.6. The predicted molar refractivity (Wildman–Crippen MR) is 103 cm³/mol. The standard InChI is InChI=1S/C22H25NO3/c1-14(2)19-9-4-6-15(3)21(19)23-20(24)13-26-22(25)18-11-10-16-7-5-8-17(16)12-18/h4,6,9-12,14H,5,7-8,13H2,1-3H3,(H,23,24). The molecule has 0 bridgehead atoms. The van der Waals surface area contributed by atoms with Gasteiger partial charge in [-0.05, 0) is 66.5 Å². The lowest BCUT2D eigenvalue weighted by Gasteiger charge is -2.16. The van der Waals surface area contributed by atoms with Gasteiger partial charge in [0.2, 0.25) is 0 Å². The third kappa shape index (κ3) is 3.96. The van der Waals surface area contributed by atoms with Crippen molar-refractivity contribution in [1.29, 1.82) is 0 Å². The molecule has 0 spiro atoms. The Morgan fingerprint density at radius 1 is 1.12 bits per heavy atom. The van der Waals surface area contributed by atoms with Crippen molar-refractivity contribution in [3.05, 3.63) is 64.2 Å². The van der Waals surface area contributed by atoms with Crippen LogP contribution in [0.15, 0.2) is 36.4 Å². The van der Waals surface area contributed by atoms with E-state index < -0.39 is 5.97 Å². The molecule has 1 aliphatic carbocycles. The second-order valence-electron chi connectivity index (χ2n) is 7.16. The monoisotopic (exact) mass is 351 g/mol. The quantitative estimate of drug-likeness (QED) is 0.812. The van der Waals surface area contributed by atoms with Gasteiger partial charge in [0, 0.05) is 5.69 Å². The molecule has 1 amide bonds. The molecule has 0 atom stereocenters. The van der Waals surface area contributed by atoms with Crippen molar-refractivity contribution >= 4 is 17.6 Å². The van der Waals surface area contributed by atoms with E-state index in [9.17, 15) is 9.59 Å². The Morgan fingerprint density at radius 3 is 2.65 bits per heavy atom. The van der Waals surface area contributed by atoms with Crippen molar-refractivity contribution in [3.63, 3.8) is 0 Å². The van der Waals surface area contributed by atoms with Crippen molar-refractivity contribution in [2.75, 3.05) is 11.9 Å². The Kier molecular flexibility index (Phi) is 5.40. The molecule has 2 aromatic carbocycles. The second-order valence-corrected chi connectivity index (χ2v) is 7.16. The fourth-order valence-electron chi connectivity index (χ4n) is 3.43. The highest BCUT2D eigenvalue weighted by atomic mass is 16.5. The number of aryl methyl sites for hydroxylation is 3. The maximum Gasteiger partial charge on any atom is 0.338 e. The summed E-state index contributed by atoms with van der Waals surface area (Å²) >= 11 is 0. The van der Waals surface area contributed by atoms with Gasteiger partial charge in [0.05, 0.1) is 5.56 Å². The first-order valence-corrected chi connectivity index (χ1v) is 9.14. The van der Waals surface area contributed by atoms with Crippen molar-refractivity contribution < 1.29 is 14.3 Å². The van der Waals surface area contributed by atoms with Crippen LogP contribution in [0.5, 0.6) is 0 Å². The first-order chi connectivity index (χ1) is 12.5. The van der Waals surface area contributed by atoms with E-state index in [0.29, 0.717) is 11.5 Å². The first-order valence-electron chi connectivity index (χ1n) is 9.14. The molecule has 0 heterocycles. The van der Waals surface area contributed by atoms with Crippen LogP contribution in [0.25, 0.3) is 0 Å². The van der Waals surface area contributed by atoms with E-state index in [2.05, 4.69) is 19.2 Å². The van der Waals surface area contributed by atoms with E-state index in [1.807, 2.05) is 37.3 Å². The number of carbonyl (C=O) groups excluding carboxylic acids is 2. The van der Waals surface area contributed by atoms with Gasteiger partial charge in [-0.3, -0.25) is 4.79 Å². The molecule has 0 radical (unpaired) electrons. The fourth-order valence-corrected chi connectivity index (χ4v) is 3.43. The van der Waals surface area contributed by atoms with Gasteiger partial charge >= 0.3 is 5.97 Å². The average Bonchev–Trinajstić information content (AvgIpc) is 3.08. The van der Waals surface area contributed by atoms with Crippen LogP contribution in [-0.4, -0.2) is 18.5 Å². The van der Waals surface area contributed by atoms with Gasteiger partial charge in [-0.1, -0.05) is 38.1 Å². The van der Waals surface area contributed by atoms with E-state index in [-0.39, 0.29) is 12.5 Å². The van der Waals surface area contributed by atoms with Crippen molar-refractivity contribution in [1.82, 2.24) is 0 Å². The van der Waals surface area contributed by atoms with Crippen LogP contribution in [0, 0.1) is 6.92 Å². The zero-order valence-electron chi connectivity index (χ0n) is 15.6. The maximum absolute atomic E-state index is 12.3. The summed E-state index contributed by atoms with van der Waals surface area (Å²) in [4.78, 5) is 24.5. The Hall–Kier alpha value is -2.62. The van der Waals surface area contributed by atoms with Gasteiger partial charge < -0.3 is 10.1 Å². The van der Waals surface area contributed by atoms with E-state index in [4.69, 9.17) is 4.74 Å². The molecule has 0 saturated carbocycles.